The second-order valence-electron chi connectivity index (χ2n) is 6.25. The molecule has 0 heterocycles. The van der Waals surface area contributed by atoms with Gasteiger partial charge in [0.2, 0.25) is 0 Å². The number of phenols is 1. The molecule has 0 aliphatic heterocycles. The number of hydrogen-bond donors (Lipinski definition) is 2. The van der Waals surface area contributed by atoms with Crippen molar-refractivity contribution in [2.45, 2.75) is 33.4 Å². The average Bonchev–Trinajstić information content (AvgIpc) is 2.85. The van der Waals surface area contributed by atoms with Gasteiger partial charge in [-0.05, 0) is 36.8 Å². The molecule has 0 saturated heterocycles. The van der Waals surface area contributed by atoms with Crippen LogP contribution in [0.2, 0.25) is 0 Å². The predicted octanol–water partition coefficient (Wildman–Crippen LogP) is 5.62. The Hall–Kier alpha value is -3.48. The van der Waals surface area contributed by atoms with E-state index in [0.29, 0.717) is 11.5 Å². The summed E-state index contributed by atoms with van der Waals surface area (Å²) in [5.74, 6) is 0.428. The topological polar surface area (TPSA) is 111 Å². The highest BCUT2D eigenvalue weighted by Crippen LogP contribution is 2.22. The molecule has 8 nitrogen and oxygen atoms in total. The van der Waals surface area contributed by atoms with Crippen molar-refractivity contribution in [3.05, 3.63) is 101 Å². The van der Waals surface area contributed by atoms with Crippen LogP contribution < -0.4 is 9.61 Å². The van der Waals surface area contributed by atoms with E-state index in [0.717, 1.165) is 5.56 Å². The van der Waals surface area contributed by atoms with Crippen molar-refractivity contribution in [3.63, 3.8) is 0 Å². The Morgan fingerprint density at radius 3 is 2.03 bits per heavy atom. The lowest BCUT2D eigenvalue weighted by atomic mass is 10.2. The maximum Gasteiger partial charge on any atom is 0.323 e. The molecule has 33 heavy (non-hydrogen) atoms. The number of hydrogen-bond acceptors (Lipinski definition) is 7. The molecule has 2 atom stereocenters. The van der Waals surface area contributed by atoms with Gasteiger partial charge in [0, 0.05) is 12.1 Å². The quantitative estimate of drug-likeness (QED) is 0.189. The summed E-state index contributed by atoms with van der Waals surface area (Å²) >= 11 is 0. The zero-order chi connectivity index (χ0) is 24.5. The Labute approximate surface area is 195 Å². The van der Waals surface area contributed by atoms with Gasteiger partial charge >= 0.3 is 5.97 Å². The fourth-order valence-corrected chi connectivity index (χ4v) is 2.76. The van der Waals surface area contributed by atoms with Gasteiger partial charge in [-0.25, -0.2) is 0 Å². The summed E-state index contributed by atoms with van der Waals surface area (Å²) in [6.45, 7) is 5.90. The lowest BCUT2D eigenvalue weighted by Gasteiger charge is -2.13. The van der Waals surface area contributed by atoms with E-state index >= 15 is 0 Å². The van der Waals surface area contributed by atoms with E-state index in [1.165, 1.54) is 24.3 Å². The van der Waals surface area contributed by atoms with E-state index in [1.54, 1.807) is 31.2 Å². The third-order valence-corrected chi connectivity index (χ3v) is 4.71. The predicted molar refractivity (Wildman–Crippen MR) is 130 cm³/mol. The van der Waals surface area contributed by atoms with E-state index in [-0.39, 0.29) is 27.2 Å². The fourth-order valence-electron chi connectivity index (χ4n) is 2.15. The van der Waals surface area contributed by atoms with Crippen molar-refractivity contribution in [1.29, 1.82) is 0 Å². The molecule has 0 aliphatic carbocycles. The number of benzene rings is 3. The highest BCUT2D eigenvalue weighted by molar-refractivity contribution is 7.30. The van der Waals surface area contributed by atoms with Crippen molar-refractivity contribution in [2.24, 2.45) is 0 Å². The highest BCUT2D eigenvalue weighted by Gasteiger charge is 2.14. The molecular weight excluding hydrogens is 443 g/mol. The molecule has 0 radical (unpaired) electrons. The van der Waals surface area contributed by atoms with Crippen molar-refractivity contribution < 1.29 is 24.1 Å². The molecule has 0 bridgehead atoms. The smallest absolute Gasteiger partial charge is 0.323 e. The van der Waals surface area contributed by atoms with Crippen LogP contribution in [0.3, 0.4) is 0 Å². The number of phenolic OH excluding ortho intramolecular Hbond substituents is 1. The first-order chi connectivity index (χ1) is 16.0. The van der Waals surface area contributed by atoms with Crippen LogP contribution in [0, 0.1) is 10.1 Å². The van der Waals surface area contributed by atoms with Crippen LogP contribution in [-0.2, 0) is 16.1 Å². The Morgan fingerprint density at radius 1 is 1.00 bits per heavy atom. The normalized spacial score (nSPS) is 10.8. The largest absolute Gasteiger partial charge is 0.508 e. The second-order valence-corrected chi connectivity index (χ2v) is 6.95. The number of non-ortho nitro benzene ring substituents is 1. The van der Waals surface area contributed by atoms with Crippen molar-refractivity contribution in [2.75, 3.05) is 0 Å². The number of rotatable bonds is 8. The maximum absolute atomic E-state index is 11.9. The molecule has 9 heteroatoms. The van der Waals surface area contributed by atoms with Gasteiger partial charge in [0.1, 0.15) is 33.1 Å². The van der Waals surface area contributed by atoms with Crippen molar-refractivity contribution in [1.82, 2.24) is 5.09 Å². The van der Waals surface area contributed by atoms with Crippen LogP contribution in [0.1, 0.15) is 26.3 Å². The minimum absolute atomic E-state index is 0.00324. The summed E-state index contributed by atoms with van der Waals surface area (Å²) in [6.07, 6.45) is 0. The number of nitro benzene ring substituents is 1. The van der Waals surface area contributed by atoms with E-state index in [1.807, 2.05) is 50.2 Å². The maximum atomic E-state index is 11.9. The first-order valence-corrected chi connectivity index (χ1v) is 11.2. The Kier molecular flexibility index (Phi) is 13.5. The molecule has 3 aromatic carbocycles. The van der Waals surface area contributed by atoms with Gasteiger partial charge in [-0.3, -0.25) is 20.0 Å². The molecule has 3 rings (SSSR count). The van der Waals surface area contributed by atoms with Crippen LogP contribution >= 0.6 is 8.96 Å². The molecule has 0 spiro atoms. The number of esters is 1. The number of nitro groups is 1. The van der Waals surface area contributed by atoms with Gasteiger partial charge in [0.15, 0.2) is 0 Å². The fraction of sp³-hybridized carbons (Fsp3) is 0.208. The van der Waals surface area contributed by atoms with Gasteiger partial charge in [-0.2, -0.15) is 0 Å². The molecule has 3 aromatic rings. The third-order valence-electron chi connectivity index (χ3n) is 3.83. The van der Waals surface area contributed by atoms with Gasteiger partial charge in [-0.15, -0.1) is 0 Å². The van der Waals surface area contributed by atoms with Crippen molar-refractivity contribution in [3.8, 4) is 11.5 Å². The molecule has 2 unspecified atom stereocenters. The summed E-state index contributed by atoms with van der Waals surface area (Å²) in [5.41, 5.74) is 0.916. The number of ether oxygens (including phenoxy) is 1. The number of nitrogens with zero attached hydrogens (tertiary/aromatic N) is 1. The Balaban J connectivity index is 0.000000508. The Morgan fingerprint density at radius 2 is 1.55 bits per heavy atom. The third kappa shape index (κ3) is 11.6. The summed E-state index contributed by atoms with van der Waals surface area (Å²) in [4.78, 5) is 21.9. The van der Waals surface area contributed by atoms with E-state index in [2.05, 4.69) is 5.09 Å². The number of para-hydroxylation sites is 1. The number of nitrogens with one attached hydrogen (secondary N) is 1. The number of aromatic hydroxyl groups is 1. The SMILES string of the molecule is CC.CC(NPOc1ccc([N+](=O)[O-])cc1)C(=O)OCc1ccccc1.Oc1ccccc1. The number of carbonyl (C=O) groups is 1. The van der Waals surface area contributed by atoms with E-state index in [4.69, 9.17) is 14.4 Å². The number of carbonyl (C=O) groups excluding carboxylic acids is 1. The molecule has 0 amide bonds. The first kappa shape index (κ1) is 27.6. The minimum Gasteiger partial charge on any atom is -0.508 e. The average molecular weight is 472 g/mol. The minimum atomic E-state index is -0.523. The summed E-state index contributed by atoms with van der Waals surface area (Å²) in [5, 5.41) is 22.1. The lowest BCUT2D eigenvalue weighted by molar-refractivity contribution is -0.384. The van der Waals surface area contributed by atoms with Gasteiger partial charge in [0.25, 0.3) is 5.69 Å². The molecule has 0 aliphatic rings. The molecule has 2 N–H and O–H groups in total. The monoisotopic (exact) mass is 472 g/mol. The summed E-state index contributed by atoms with van der Waals surface area (Å²) in [7, 11) is -0.176. The Bertz CT molecular complexity index is 940. The van der Waals surface area contributed by atoms with Crippen LogP contribution in [0.4, 0.5) is 5.69 Å². The van der Waals surface area contributed by atoms with Gasteiger partial charge < -0.3 is 14.4 Å². The standard InChI is InChI=1S/C16H17N2O5P.C6H6O.C2H6/c1-12(16(19)22-11-13-5-3-2-4-6-13)17-24-23-15-9-7-14(8-10-15)18(20)21;7-6-4-2-1-3-5-6;1-2/h2-10,12,17,24H,11H2,1H3;1-5,7H;1-2H3. The van der Waals surface area contributed by atoms with Crippen LogP contribution in [-0.4, -0.2) is 22.0 Å². The molecule has 0 aromatic heterocycles. The van der Waals surface area contributed by atoms with Crippen LogP contribution in [0.5, 0.6) is 11.5 Å². The van der Waals surface area contributed by atoms with Crippen LogP contribution in [0.25, 0.3) is 0 Å². The van der Waals surface area contributed by atoms with Crippen LogP contribution in [0.15, 0.2) is 84.9 Å². The van der Waals surface area contributed by atoms with E-state index < -0.39 is 11.0 Å². The zero-order valence-electron chi connectivity index (χ0n) is 18.8. The van der Waals surface area contributed by atoms with Gasteiger partial charge in [-0.1, -0.05) is 62.4 Å². The summed E-state index contributed by atoms with van der Waals surface area (Å²) in [6, 6.07) is 23.3. The molecule has 0 saturated carbocycles. The van der Waals surface area contributed by atoms with E-state index in [9.17, 15) is 14.9 Å². The lowest BCUT2D eigenvalue weighted by Crippen LogP contribution is -2.30. The second kappa shape index (κ2) is 16.2. The molecule has 0 fully saturated rings. The molecular formula is C24H29N2O6P. The highest BCUT2D eigenvalue weighted by atomic mass is 31.1. The first-order valence-electron chi connectivity index (χ1n) is 10.3. The summed E-state index contributed by atoms with van der Waals surface area (Å²) < 4.78 is 10.6. The van der Waals surface area contributed by atoms with Gasteiger partial charge in [0.05, 0.1) is 4.92 Å². The molecule has 176 valence electrons. The zero-order valence-corrected chi connectivity index (χ0v) is 19.8. The van der Waals surface area contributed by atoms with Crippen molar-refractivity contribution >= 4 is 20.6 Å².